The standard InChI is InChI=1S/C26H26N2O2/c1-2-18-30-24-15-13-23(14-16-24)27-26(29)22-11-9-20(10-12-22)19-28-17-5-7-21-6-3-4-8-25(21)28/h2-4,6,8-16H,1,5,7,17-19H2,(H,27,29). The molecule has 0 radical (unpaired) electrons. The minimum absolute atomic E-state index is 0.121. The number of anilines is 2. The number of benzene rings is 3. The highest BCUT2D eigenvalue weighted by atomic mass is 16.5. The van der Waals surface area contributed by atoms with Crippen molar-refractivity contribution in [2.24, 2.45) is 0 Å². The van der Waals surface area contributed by atoms with E-state index < -0.39 is 0 Å². The van der Waals surface area contributed by atoms with Crippen LogP contribution in [0.3, 0.4) is 0 Å². The van der Waals surface area contributed by atoms with Gasteiger partial charge in [0.1, 0.15) is 12.4 Å². The van der Waals surface area contributed by atoms with Gasteiger partial charge >= 0.3 is 0 Å². The Hall–Kier alpha value is -3.53. The zero-order chi connectivity index (χ0) is 20.8. The second-order valence-electron chi connectivity index (χ2n) is 7.43. The first kappa shape index (κ1) is 19.8. The zero-order valence-corrected chi connectivity index (χ0v) is 17.0. The third-order valence-corrected chi connectivity index (χ3v) is 5.28. The number of carbonyl (C=O) groups excluding carboxylic acids is 1. The van der Waals surface area contributed by atoms with E-state index >= 15 is 0 Å². The van der Waals surface area contributed by atoms with Gasteiger partial charge in [-0.3, -0.25) is 4.79 Å². The number of rotatable bonds is 7. The van der Waals surface area contributed by atoms with E-state index in [0.29, 0.717) is 12.2 Å². The van der Waals surface area contributed by atoms with Gasteiger partial charge in [-0.15, -0.1) is 0 Å². The summed E-state index contributed by atoms with van der Waals surface area (Å²) in [5, 5.41) is 2.93. The Morgan fingerprint density at radius 2 is 1.80 bits per heavy atom. The SMILES string of the molecule is C=CCOc1ccc(NC(=O)c2ccc(CN3CCCc4ccccc43)cc2)cc1. The lowest BCUT2D eigenvalue weighted by Gasteiger charge is -2.31. The van der Waals surface area contributed by atoms with Crippen LogP contribution in [0.25, 0.3) is 0 Å². The Bertz CT molecular complexity index is 1010. The summed E-state index contributed by atoms with van der Waals surface area (Å²) in [6.45, 7) is 6.00. The summed E-state index contributed by atoms with van der Waals surface area (Å²) in [7, 11) is 0. The van der Waals surface area contributed by atoms with E-state index in [2.05, 4.69) is 41.1 Å². The van der Waals surface area contributed by atoms with Crippen LogP contribution in [0, 0.1) is 0 Å². The highest BCUT2D eigenvalue weighted by molar-refractivity contribution is 6.04. The minimum Gasteiger partial charge on any atom is -0.490 e. The molecule has 4 nitrogen and oxygen atoms in total. The van der Waals surface area contributed by atoms with Crippen molar-refractivity contribution in [3.05, 3.63) is 102 Å². The fraction of sp³-hybridized carbons (Fsp3) is 0.192. The van der Waals surface area contributed by atoms with Gasteiger partial charge < -0.3 is 15.0 Å². The predicted molar refractivity (Wildman–Crippen MR) is 122 cm³/mol. The van der Waals surface area contributed by atoms with Crippen LogP contribution in [0.5, 0.6) is 5.75 Å². The first-order chi connectivity index (χ1) is 14.7. The van der Waals surface area contributed by atoms with E-state index in [1.54, 1.807) is 6.08 Å². The third-order valence-electron chi connectivity index (χ3n) is 5.28. The fourth-order valence-electron chi connectivity index (χ4n) is 3.75. The summed E-state index contributed by atoms with van der Waals surface area (Å²) in [5.41, 5.74) is 5.32. The molecule has 0 bridgehead atoms. The molecule has 30 heavy (non-hydrogen) atoms. The number of ether oxygens (including phenoxy) is 1. The van der Waals surface area contributed by atoms with Crippen molar-refractivity contribution >= 4 is 17.3 Å². The molecule has 0 saturated heterocycles. The average molecular weight is 399 g/mol. The van der Waals surface area contributed by atoms with Gasteiger partial charge in [0.2, 0.25) is 0 Å². The molecule has 1 aliphatic rings. The molecular formula is C26H26N2O2. The van der Waals surface area contributed by atoms with Gasteiger partial charge in [0, 0.05) is 30.0 Å². The number of amides is 1. The Kier molecular flexibility index (Phi) is 6.14. The number of fused-ring (bicyclic) bond motifs is 1. The van der Waals surface area contributed by atoms with Crippen molar-refractivity contribution in [2.45, 2.75) is 19.4 Å². The monoisotopic (exact) mass is 398 g/mol. The summed E-state index contributed by atoms with van der Waals surface area (Å²) < 4.78 is 5.46. The van der Waals surface area contributed by atoms with Gasteiger partial charge in [-0.1, -0.05) is 43.0 Å². The van der Waals surface area contributed by atoms with Gasteiger partial charge in [0.15, 0.2) is 0 Å². The highest BCUT2D eigenvalue weighted by Gasteiger charge is 2.16. The second-order valence-corrected chi connectivity index (χ2v) is 7.43. The van der Waals surface area contributed by atoms with Crippen LogP contribution in [0.15, 0.2) is 85.5 Å². The molecule has 0 aromatic heterocycles. The van der Waals surface area contributed by atoms with E-state index in [0.717, 1.165) is 30.9 Å². The van der Waals surface area contributed by atoms with Gasteiger partial charge in [0.05, 0.1) is 0 Å². The molecule has 1 N–H and O–H groups in total. The molecule has 1 aliphatic heterocycles. The van der Waals surface area contributed by atoms with Crippen LogP contribution in [-0.4, -0.2) is 19.1 Å². The third kappa shape index (κ3) is 4.71. The number of carbonyl (C=O) groups is 1. The molecular weight excluding hydrogens is 372 g/mol. The van der Waals surface area contributed by atoms with Gasteiger partial charge in [-0.05, 0) is 66.4 Å². The van der Waals surface area contributed by atoms with Crippen molar-refractivity contribution in [2.75, 3.05) is 23.4 Å². The minimum atomic E-state index is -0.121. The summed E-state index contributed by atoms with van der Waals surface area (Å²) in [4.78, 5) is 15.0. The summed E-state index contributed by atoms with van der Waals surface area (Å²) in [6.07, 6.45) is 4.02. The largest absolute Gasteiger partial charge is 0.490 e. The molecule has 0 unspecified atom stereocenters. The molecule has 4 rings (SSSR count). The maximum atomic E-state index is 12.6. The zero-order valence-electron chi connectivity index (χ0n) is 17.0. The molecule has 4 heteroatoms. The molecule has 0 aliphatic carbocycles. The quantitative estimate of drug-likeness (QED) is 0.538. The number of nitrogens with zero attached hydrogens (tertiary/aromatic N) is 1. The van der Waals surface area contributed by atoms with E-state index in [4.69, 9.17) is 4.74 Å². The molecule has 0 atom stereocenters. The molecule has 1 heterocycles. The predicted octanol–water partition coefficient (Wildman–Crippen LogP) is 5.46. The van der Waals surface area contributed by atoms with Crippen molar-refractivity contribution in [1.82, 2.24) is 0 Å². The van der Waals surface area contributed by atoms with Crippen LogP contribution < -0.4 is 15.0 Å². The smallest absolute Gasteiger partial charge is 0.255 e. The van der Waals surface area contributed by atoms with Crippen molar-refractivity contribution in [3.63, 3.8) is 0 Å². The topological polar surface area (TPSA) is 41.6 Å². The molecule has 0 spiro atoms. The lowest BCUT2D eigenvalue weighted by Crippen LogP contribution is -2.28. The summed E-state index contributed by atoms with van der Waals surface area (Å²) >= 11 is 0. The number of hydrogen-bond donors (Lipinski definition) is 1. The normalized spacial score (nSPS) is 12.7. The first-order valence-corrected chi connectivity index (χ1v) is 10.3. The number of hydrogen-bond acceptors (Lipinski definition) is 3. The van der Waals surface area contributed by atoms with Crippen LogP contribution >= 0.6 is 0 Å². The van der Waals surface area contributed by atoms with Crippen molar-refractivity contribution in [3.8, 4) is 5.75 Å². The van der Waals surface area contributed by atoms with Crippen LogP contribution in [-0.2, 0) is 13.0 Å². The maximum Gasteiger partial charge on any atom is 0.255 e. The van der Waals surface area contributed by atoms with Crippen molar-refractivity contribution < 1.29 is 9.53 Å². The molecule has 1 amide bonds. The van der Waals surface area contributed by atoms with Gasteiger partial charge in [-0.25, -0.2) is 0 Å². The Morgan fingerprint density at radius 1 is 1.03 bits per heavy atom. The maximum absolute atomic E-state index is 12.6. The van der Waals surface area contributed by atoms with Crippen LogP contribution in [0.2, 0.25) is 0 Å². The number of para-hydroxylation sites is 1. The Balaban J connectivity index is 1.38. The average Bonchev–Trinajstić information content (AvgIpc) is 2.79. The number of aryl methyl sites for hydroxylation is 1. The Labute approximate surface area is 177 Å². The summed E-state index contributed by atoms with van der Waals surface area (Å²) in [5.74, 6) is 0.626. The molecule has 0 saturated carbocycles. The lowest BCUT2D eigenvalue weighted by atomic mass is 10.0. The lowest BCUT2D eigenvalue weighted by molar-refractivity contribution is 0.102. The number of nitrogens with one attached hydrogen (secondary N) is 1. The van der Waals surface area contributed by atoms with Gasteiger partial charge in [0.25, 0.3) is 5.91 Å². The van der Waals surface area contributed by atoms with E-state index in [-0.39, 0.29) is 5.91 Å². The Morgan fingerprint density at radius 3 is 2.57 bits per heavy atom. The van der Waals surface area contributed by atoms with Crippen molar-refractivity contribution in [1.29, 1.82) is 0 Å². The first-order valence-electron chi connectivity index (χ1n) is 10.3. The molecule has 3 aromatic rings. The van der Waals surface area contributed by atoms with Gasteiger partial charge in [-0.2, -0.15) is 0 Å². The highest BCUT2D eigenvalue weighted by Crippen LogP contribution is 2.28. The molecule has 152 valence electrons. The molecule has 3 aromatic carbocycles. The van der Waals surface area contributed by atoms with E-state index in [1.165, 1.54) is 23.2 Å². The van der Waals surface area contributed by atoms with Crippen LogP contribution in [0.1, 0.15) is 27.9 Å². The fourth-order valence-corrected chi connectivity index (χ4v) is 3.75. The van der Waals surface area contributed by atoms with Crippen LogP contribution in [0.4, 0.5) is 11.4 Å². The summed E-state index contributed by atoms with van der Waals surface area (Å²) in [6, 6.07) is 23.8. The second kappa shape index (κ2) is 9.31. The van der Waals surface area contributed by atoms with E-state index in [1.807, 2.05) is 48.5 Å². The van der Waals surface area contributed by atoms with E-state index in [9.17, 15) is 4.79 Å². The molecule has 0 fully saturated rings.